The number of aliphatic hydroxyl groups excluding tert-OH is 1. The van der Waals surface area contributed by atoms with Crippen LogP contribution in [0.3, 0.4) is 0 Å². The van der Waals surface area contributed by atoms with Crippen molar-refractivity contribution in [2.45, 2.75) is 38.4 Å². The van der Waals surface area contributed by atoms with E-state index in [1.807, 2.05) is 11.8 Å². The Kier molecular flexibility index (Phi) is 6.74. The van der Waals surface area contributed by atoms with Crippen molar-refractivity contribution in [3.05, 3.63) is 29.8 Å². The Labute approximate surface area is 127 Å². The molecule has 0 aliphatic heterocycles. The number of anilines is 1. The first-order chi connectivity index (χ1) is 9.83. The van der Waals surface area contributed by atoms with Gasteiger partial charge in [0.1, 0.15) is 0 Å². The van der Waals surface area contributed by atoms with Crippen LogP contribution >= 0.6 is 11.8 Å². The first-order valence-corrected chi connectivity index (χ1v) is 9.00. The summed E-state index contributed by atoms with van der Waals surface area (Å²) in [7, 11) is 0. The molecule has 20 heavy (non-hydrogen) atoms. The third-order valence-corrected chi connectivity index (χ3v) is 5.24. The first kappa shape index (κ1) is 15.7. The van der Waals surface area contributed by atoms with Gasteiger partial charge in [-0.2, -0.15) is 11.8 Å². The third kappa shape index (κ3) is 4.71. The molecular formula is C17H27NOS. The second-order valence-corrected chi connectivity index (χ2v) is 6.98. The lowest BCUT2D eigenvalue weighted by Crippen LogP contribution is -2.28. The molecule has 0 bridgehead atoms. The Bertz CT molecular complexity index is 379. The Hall–Kier alpha value is -0.670. The number of rotatable bonds is 7. The predicted molar refractivity (Wildman–Crippen MR) is 89.3 cm³/mol. The maximum absolute atomic E-state index is 9.45. The summed E-state index contributed by atoms with van der Waals surface area (Å²) < 4.78 is 0. The quantitative estimate of drug-likeness (QED) is 0.792. The van der Waals surface area contributed by atoms with Crippen LogP contribution in [0.4, 0.5) is 5.69 Å². The van der Waals surface area contributed by atoms with Gasteiger partial charge >= 0.3 is 0 Å². The first-order valence-electron chi connectivity index (χ1n) is 7.85. The Morgan fingerprint density at radius 3 is 2.50 bits per heavy atom. The predicted octanol–water partition coefficient (Wildman–Crippen LogP) is 4.15. The van der Waals surface area contributed by atoms with Gasteiger partial charge in [-0.1, -0.05) is 31.9 Å². The third-order valence-electron chi connectivity index (χ3n) is 4.30. The van der Waals surface area contributed by atoms with E-state index < -0.39 is 0 Å². The lowest BCUT2D eigenvalue weighted by molar-refractivity contribution is 0.141. The highest BCUT2D eigenvalue weighted by Crippen LogP contribution is 2.30. The fraction of sp³-hybridized carbons (Fsp3) is 0.647. The van der Waals surface area contributed by atoms with E-state index >= 15 is 0 Å². The molecule has 112 valence electrons. The van der Waals surface area contributed by atoms with Gasteiger partial charge in [0.25, 0.3) is 0 Å². The molecule has 1 aromatic rings. The van der Waals surface area contributed by atoms with Crippen molar-refractivity contribution in [1.29, 1.82) is 0 Å². The van der Waals surface area contributed by atoms with E-state index in [2.05, 4.69) is 36.5 Å². The summed E-state index contributed by atoms with van der Waals surface area (Å²) in [6, 6.07) is 8.80. The summed E-state index contributed by atoms with van der Waals surface area (Å²) in [6.07, 6.45) is 5.04. The van der Waals surface area contributed by atoms with Crippen molar-refractivity contribution in [3.8, 4) is 0 Å². The van der Waals surface area contributed by atoms with Gasteiger partial charge in [0.05, 0.1) is 0 Å². The molecule has 1 saturated carbocycles. The average molecular weight is 293 g/mol. The highest BCUT2D eigenvalue weighted by Gasteiger charge is 2.23. The SMILES string of the molecule is CCSCc1ccc(NCC2CCCCC2CO)cc1. The van der Waals surface area contributed by atoms with Crippen LogP contribution in [0.5, 0.6) is 0 Å². The summed E-state index contributed by atoms with van der Waals surface area (Å²) >= 11 is 1.96. The molecule has 2 N–H and O–H groups in total. The summed E-state index contributed by atoms with van der Waals surface area (Å²) in [5.41, 5.74) is 2.60. The number of nitrogens with one attached hydrogen (secondary N) is 1. The fourth-order valence-corrected chi connectivity index (χ4v) is 3.61. The van der Waals surface area contributed by atoms with Crippen LogP contribution in [0.2, 0.25) is 0 Å². The summed E-state index contributed by atoms with van der Waals surface area (Å²) in [6.45, 7) is 3.54. The molecular weight excluding hydrogens is 266 g/mol. The molecule has 1 aromatic carbocycles. The van der Waals surface area contributed by atoms with Gasteiger partial charge in [0.2, 0.25) is 0 Å². The number of thioether (sulfide) groups is 1. The fourth-order valence-electron chi connectivity index (χ4n) is 2.98. The molecule has 2 atom stereocenters. The van der Waals surface area contributed by atoms with Crippen molar-refractivity contribution in [2.24, 2.45) is 11.8 Å². The molecule has 2 rings (SSSR count). The molecule has 0 radical (unpaired) electrons. The Balaban J connectivity index is 1.80. The van der Waals surface area contributed by atoms with Crippen LogP contribution in [0.1, 0.15) is 38.2 Å². The van der Waals surface area contributed by atoms with Gasteiger partial charge in [-0.15, -0.1) is 0 Å². The molecule has 0 aromatic heterocycles. The number of aliphatic hydroxyl groups is 1. The topological polar surface area (TPSA) is 32.3 Å². The molecule has 0 spiro atoms. The minimum Gasteiger partial charge on any atom is -0.396 e. The molecule has 0 saturated heterocycles. The maximum atomic E-state index is 9.45. The van der Waals surface area contributed by atoms with E-state index in [1.165, 1.54) is 42.7 Å². The van der Waals surface area contributed by atoms with E-state index in [0.717, 1.165) is 12.3 Å². The smallest absolute Gasteiger partial charge is 0.0462 e. The van der Waals surface area contributed by atoms with Crippen LogP contribution in [-0.2, 0) is 5.75 Å². The number of hydrogen-bond acceptors (Lipinski definition) is 3. The van der Waals surface area contributed by atoms with E-state index in [1.54, 1.807) is 0 Å². The minimum atomic E-state index is 0.347. The van der Waals surface area contributed by atoms with Crippen molar-refractivity contribution >= 4 is 17.4 Å². The minimum absolute atomic E-state index is 0.347. The maximum Gasteiger partial charge on any atom is 0.0462 e. The molecule has 2 nitrogen and oxygen atoms in total. The van der Waals surface area contributed by atoms with Gasteiger partial charge in [-0.25, -0.2) is 0 Å². The van der Waals surface area contributed by atoms with E-state index in [0.29, 0.717) is 18.4 Å². The normalized spacial score (nSPS) is 22.7. The van der Waals surface area contributed by atoms with Crippen LogP contribution in [-0.4, -0.2) is 24.0 Å². The second kappa shape index (κ2) is 8.58. The lowest BCUT2D eigenvalue weighted by atomic mass is 9.79. The van der Waals surface area contributed by atoms with Gasteiger partial charge < -0.3 is 10.4 Å². The van der Waals surface area contributed by atoms with Crippen LogP contribution in [0.25, 0.3) is 0 Å². The molecule has 3 heteroatoms. The molecule has 0 heterocycles. The van der Waals surface area contributed by atoms with Crippen molar-refractivity contribution in [1.82, 2.24) is 0 Å². The molecule has 1 aliphatic carbocycles. The van der Waals surface area contributed by atoms with Crippen LogP contribution in [0, 0.1) is 11.8 Å². The van der Waals surface area contributed by atoms with Gasteiger partial charge in [0, 0.05) is 24.6 Å². The average Bonchev–Trinajstić information content (AvgIpc) is 2.52. The van der Waals surface area contributed by atoms with Crippen molar-refractivity contribution in [2.75, 3.05) is 24.2 Å². The van der Waals surface area contributed by atoms with Gasteiger partial charge in [0.15, 0.2) is 0 Å². The van der Waals surface area contributed by atoms with Crippen molar-refractivity contribution in [3.63, 3.8) is 0 Å². The summed E-state index contributed by atoms with van der Waals surface area (Å²) in [4.78, 5) is 0. The van der Waals surface area contributed by atoms with Crippen molar-refractivity contribution < 1.29 is 5.11 Å². The molecule has 1 aliphatic rings. The summed E-state index contributed by atoms with van der Waals surface area (Å²) in [5, 5.41) is 13.0. The standard InChI is InChI=1S/C17H27NOS/c1-2-20-13-14-7-9-17(10-8-14)18-11-15-5-3-4-6-16(15)12-19/h7-10,15-16,18-19H,2-6,11-13H2,1H3. The molecule has 0 amide bonds. The lowest BCUT2D eigenvalue weighted by Gasteiger charge is -2.30. The van der Waals surface area contributed by atoms with Gasteiger partial charge in [-0.05, 0) is 48.1 Å². The highest BCUT2D eigenvalue weighted by atomic mass is 32.2. The largest absolute Gasteiger partial charge is 0.396 e. The zero-order valence-electron chi connectivity index (χ0n) is 12.5. The zero-order valence-corrected chi connectivity index (χ0v) is 13.3. The van der Waals surface area contributed by atoms with Crippen LogP contribution in [0.15, 0.2) is 24.3 Å². The Morgan fingerprint density at radius 2 is 1.85 bits per heavy atom. The second-order valence-electron chi connectivity index (χ2n) is 5.70. The summed E-state index contributed by atoms with van der Waals surface area (Å²) in [5.74, 6) is 3.40. The van der Waals surface area contributed by atoms with E-state index in [-0.39, 0.29) is 0 Å². The van der Waals surface area contributed by atoms with E-state index in [4.69, 9.17) is 0 Å². The van der Waals surface area contributed by atoms with Gasteiger partial charge in [-0.3, -0.25) is 0 Å². The number of benzene rings is 1. The zero-order chi connectivity index (χ0) is 14.2. The Morgan fingerprint density at radius 1 is 1.15 bits per heavy atom. The van der Waals surface area contributed by atoms with Crippen LogP contribution < -0.4 is 5.32 Å². The molecule has 2 unspecified atom stereocenters. The van der Waals surface area contributed by atoms with E-state index in [9.17, 15) is 5.11 Å². The monoisotopic (exact) mass is 293 g/mol. The number of hydrogen-bond donors (Lipinski definition) is 2. The highest BCUT2D eigenvalue weighted by molar-refractivity contribution is 7.98. The molecule has 1 fully saturated rings.